The van der Waals surface area contributed by atoms with E-state index in [1.807, 2.05) is 6.07 Å². The minimum atomic E-state index is -0.0291. The Kier molecular flexibility index (Phi) is 3.59. The number of halogens is 1. The fourth-order valence-corrected chi connectivity index (χ4v) is 3.51. The normalized spacial score (nSPS) is 31.4. The zero-order valence-electron chi connectivity index (χ0n) is 11.8. The fourth-order valence-electron chi connectivity index (χ4n) is 3.51. The highest BCUT2D eigenvalue weighted by atomic mass is 19.1. The van der Waals surface area contributed by atoms with Crippen LogP contribution in [0.4, 0.5) is 4.39 Å². The topological polar surface area (TPSA) is 15.3 Å². The van der Waals surface area contributed by atoms with E-state index in [0.717, 1.165) is 24.9 Å². The number of likely N-dealkylation sites (tertiary alicyclic amines) is 1. The zero-order valence-corrected chi connectivity index (χ0v) is 11.8. The summed E-state index contributed by atoms with van der Waals surface area (Å²) in [7, 11) is 2.20. The summed E-state index contributed by atoms with van der Waals surface area (Å²) < 4.78 is 13.7. The lowest BCUT2D eigenvalue weighted by Gasteiger charge is -2.36. The molecule has 0 saturated carbocycles. The molecule has 3 rings (SSSR count). The van der Waals surface area contributed by atoms with Crippen molar-refractivity contribution in [2.75, 3.05) is 13.6 Å². The van der Waals surface area contributed by atoms with Gasteiger partial charge in [0.1, 0.15) is 5.82 Å². The van der Waals surface area contributed by atoms with E-state index in [1.165, 1.54) is 18.4 Å². The summed E-state index contributed by atoms with van der Waals surface area (Å²) in [4.78, 5) is 2.42. The number of nitrogens with zero attached hydrogens (tertiary/aromatic N) is 1. The molecule has 1 fully saturated rings. The highest BCUT2D eigenvalue weighted by Crippen LogP contribution is 2.33. The Labute approximate surface area is 115 Å². The van der Waals surface area contributed by atoms with E-state index in [-0.39, 0.29) is 5.82 Å². The number of fused-ring (bicyclic) bond motifs is 1. The predicted molar refractivity (Wildman–Crippen MR) is 75.7 cm³/mol. The van der Waals surface area contributed by atoms with E-state index in [9.17, 15) is 4.39 Å². The second-order valence-electron chi connectivity index (χ2n) is 6.12. The molecule has 0 bridgehead atoms. The maximum atomic E-state index is 13.7. The van der Waals surface area contributed by atoms with Crippen LogP contribution >= 0.6 is 0 Å². The van der Waals surface area contributed by atoms with Gasteiger partial charge in [-0.25, -0.2) is 4.39 Å². The Balaban J connectivity index is 1.68. The molecule has 1 saturated heterocycles. The molecule has 1 N–H and O–H groups in total. The van der Waals surface area contributed by atoms with Gasteiger partial charge in [-0.1, -0.05) is 12.1 Å². The molecular weight excluding hydrogens is 239 g/mol. The minimum absolute atomic E-state index is 0.0291. The lowest BCUT2D eigenvalue weighted by atomic mass is 9.97. The van der Waals surface area contributed by atoms with Crippen molar-refractivity contribution in [3.63, 3.8) is 0 Å². The third kappa shape index (κ3) is 2.54. The van der Waals surface area contributed by atoms with E-state index in [2.05, 4.69) is 30.3 Å². The van der Waals surface area contributed by atoms with Crippen molar-refractivity contribution in [1.29, 1.82) is 0 Å². The molecule has 104 valence electrons. The molecule has 19 heavy (non-hydrogen) atoms. The zero-order chi connectivity index (χ0) is 13.4. The number of hydrogen-bond acceptors (Lipinski definition) is 2. The van der Waals surface area contributed by atoms with Gasteiger partial charge in [-0.15, -0.1) is 0 Å². The third-order valence-electron chi connectivity index (χ3n) is 4.86. The largest absolute Gasteiger partial charge is 0.307 e. The monoisotopic (exact) mass is 262 g/mol. The predicted octanol–water partition coefficient (Wildman–Crippen LogP) is 2.89. The van der Waals surface area contributed by atoms with Crippen LogP contribution in [0.25, 0.3) is 0 Å². The lowest BCUT2D eigenvalue weighted by molar-refractivity contribution is 0.162. The van der Waals surface area contributed by atoms with Gasteiger partial charge in [-0.05, 0) is 63.4 Å². The lowest BCUT2D eigenvalue weighted by Crippen LogP contribution is -2.46. The molecule has 2 aliphatic rings. The van der Waals surface area contributed by atoms with Crippen molar-refractivity contribution in [2.45, 2.75) is 50.7 Å². The Morgan fingerprint density at radius 2 is 2.16 bits per heavy atom. The maximum Gasteiger partial charge on any atom is 0.126 e. The summed E-state index contributed by atoms with van der Waals surface area (Å²) in [5, 5.41) is 3.76. The van der Waals surface area contributed by atoms with E-state index in [0.29, 0.717) is 18.1 Å². The molecule has 1 aliphatic carbocycles. The van der Waals surface area contributed by atoms with Gasteiger partial charge in [0.25, 0.3) is 0 Å². The molecule has 1 heterocycles. The van der Waals surface area contributed by atoms with E-state index in [4.69, 9.17) is 0 Å². The van der Waals surface area contributed by atoms with Crippen LogP contribution in [0.3, 0.4) is 0 Å². The first-order valence-corrected chi connectivity index (χ1v) is 7.38. The molecule has 3 atom stereocenters. The van der Waals surface area contributed by atoms with Crippen LogP contribution in [0.1, 0.15) is 43.4 Å². The van der Waals surface area contributed by atoms with Crippen molar-refractivity contribution in [3.8, 4) is 0 Å². The second-order valence-corrected chi connectivity index (χ2v) is 6.12. The summed E-state index contributed by atoms with van der Waals surface area (Å²) in [6, 6.07) is 7.07. The first-order chi connectivity index (χ1) is 9.15. The van der Waals surface area contributed by atoms with Gasteiger partial charge in [0, 0.05) is 18.1 Å². The van der Waals surface area contributed by atoms with Crippen molar-refractivity contribution < 1.29 is 4.39 Å². The van der Waals surface area contributed by atoms with Crippen LogP contribution in [0.5, 0.6) is 0 Å². The number of rotatable bonds is 2. The van der Waals surface area contributed by atoms with Gasteiger partial charge in [-0.3, -0.25) is 0 Å². The minimum Gasteiger partial charge on any atom is -0.307 e. The summed E-state index contributed by atoms with van der Waals surface area (Å²) in [6.45, 7) is 3.44. The first kappa shape index (κ1) is 13.1. The van der Waals surface area contributed by atoms with Crippen molar-refractivity contribution in [1.82, 2.24) is 10.2 Å². The first-order valence-electron chi connectivity index (χ1n) is 7.38. The number of piperidine rings is 1. The maximum absolute atomic E-state index is 13.7. The second kappa shape index (κ2) is 5.22. The van der Waals surface area contributed by atoms with E-state index < -0.39 is 0 Å². The third-order valence-corrected chi connectivity index (χ3v) is 4.86. The van der Waals surface area contributed by atoms with Crippen molar-refractivity contribution in [3.05, 3.63) is 35.1 Å². The van der Waals surface area contributed by atoms with Crippen LogP contribution < -0.4 is 5.32 Å². The van der Waals surface area contributed by atoms with Gasteiger partial charge in [0.05, 0.1) is 0 Å². The molecule has 3 unspecified atom stereocenters. The highest BCUT2D eigenvalue weighted by Gasteiger charge is 2.29. The number of benzene rings is 1. The summed E-state index contributed by atoms with van der Waals surface area (Å²) in [6.07, 6.45) is 4.30. The average Bonchev–Trinajstić information content (AvgIpc) is 2.79. The van der Waals surface area contributed by atoms with Crippen LogP contribution in [-0.2, 0) is 6.42 Å². The van der Waals surface area contributed by atoms with E-state index >= 15 is 0 Å². The average molecular weight is 262 g/mol. The Morgan fingerprint density at radius 3 is 2.95 bits per heavy atom. The van der Waals surface area contributed by atoms with Gasteiger partial charge in [0.15, 0.2) is 0 Å². The SMILES string of the molecule is CC1CC(NC2CCc3c(F)cccc32)CCN1C. The molecule has 0 radical (unpaired) electrons. The molecule has 1 aromatic carbocycles. The molecule has 1 aliphatic heterocycles. The summed E-state index contributed by atoms with van der Waals surface area (Å²) in [5.74, 6) is -0.0291. The Hall–Kier alpha value is -0.930. The van der Waals surface area contributed by atoms with Gasteiger partial charge < -0.3 is 10.2 Å². The van der Waals surface area contributed by atoms with Gasteiger partial charge in [-0.2, -0.15) is 0 Å². The summed E-state index contributed by atoms with van der Waals surface area (Å²) in [5.41, 5.74) is 2.12. The van der Waals surface area contributed by atoms with Crippen molar-refractivity contribution >= 4 is 0 Å². The van der Waals surface area contributed by atoms with Crippen LogP contribution in [0.2, 0.25) is 0 Å². The molecule has 0 aromatic heterocycles. The Bertz CT molecular complexity index is 460. The number of nitrogens with one attached hydrogen (secondary N) is 1. The molecule has 0 spiro atoms. The smallest absolute Gasteiger partial charge is 0.126 e. The van der Waals surface area contributed by atoms with Crippen LogP contribution in [-0.4, -0.2) is 30.6 Å². The molecule has 0 amide bonds. The molecular formula is C16H23FN2. The van der Waals surface area contributed by atoms with E-state index in [1.54, 1.807) is 6.07 Å². The van der Waals surface area contributed by atoms with Gasteiger partial charge in [0.2, 0.25) is 0 Å². The van der Waals surface area contributed by atoms with Crippen LogP contribution in [0.15, 0.2) is 18.2 Å². The van der Waals surface area contributed by atoms with Crippen LogP contribution in [0, 0.1) is 5.82 Å². The molecule has 1 aromatic rings. The van der Waals surface area contributed by atoms with Crippen molar-refractivity contribution in [2.24, 2.45) is 0 Å². The highest BCUT2D eigenvalue weighted by molar-refractivity contribution is 5.35. The summed E-state index contributed by atoms with van der Waals surface area (Å²) >= 11 is 0. The molecule has 3 heteroatoms. The fraction of sp³-hybridized carbons (Fsp3) is 0.625. The quantitative estimate of drug-likeness (QED) is 0.881. The number of hydrogen-bond donors (Lipinski definition) is 1. The standard InChI is InChI=1S/C16H23FN2/c1-11-10-12(8-9-19(11)2)18-16-7-6-13-14(16)4-3-5-15(13)17/h3-5,11-12,16,18H,6-10H2,1-2H3. The Morgan fingerprint density at radius 1 is 1.32 bits per heavy atom. The molecule has 2 nitrogen and oxygen atoms in total. The van der Waals surface area contributed by atoms with Gasteiger partial charge >= 0.3 is 0 Å².